The molecule has 0 aliphatic heterocycles. The second-order valence-corrected chi connectivity index (χ2v) is 3.17. The van der Waals surface area contributed by atoms with Crippen LogP contribution in [0.5, 0.6) is 0 Å². The van der Waals surface area contributed by atoms with Crippen molar-refractivity contribution in [2.75, 3.05) is 6.54 Å². The van der Waals surface area contributed by atoms with Gasteiger partial charge in [0.2, 0.25) is 5.91 Å². The molecule has 0 fully saturated rings. The van der Waals surface area contributed by atoms with E-state index in [9.17, 15) is 9.59 Å². The summed E-state index contributed by atoms with van der Waals surface area (Å²) in [4.78, 5) is 21.4. The van der Waals surface area contributed by atoms with E-state index in [1.807, 2.05) is 0 Å². The predicted molar refractivity (Wildman–Crippen MR) is 53.6 cm³/mol. The number of carboxylic acid groups (broad SMARTS) is 1. The SMILES string of the molecule is NCCc1c(C(=O)O)nnn1CCC(N)=O. The van der Waals surface area contributed by atoms with Crippen molar-refractivity contribution in [1.82, 2.24) is 15.0 Å². The second-order valence-electron chi connectivity index (χ2n) is 3.17. The van der Waals surface area contributed by atoms with E-state index in [-0.39, 0.29) is 25.2 Å². The number of primary amides is 1. The van der Waals surface area contributed by atoms with Crippen LogP contribution >= 0.6 is 0 Å². The minimum absolute atomic E-state index is 0.0833. The number of carboxylic acids is 1. The van der Waals surface area contributed by atoms with Crippen LogP contribution in [0.2, 0.25) is 0 Å². The Morgan fingerprint density at radius 2 is 2.12 bits per heavy atom. The minimum Gasteiger partial charge on any atom is -0.476 e. The largest absolute Gasteiger partial charge is 0.476 e. The standard InChI is InChI=1S/C8H13N5O3/c9-3-1-5-7(8(15)16)11-12-13(5)4-2-6(10)14/h1-4,9H2,(H2,10,14)(H,15,16). The van der Waals surface area contributed by atoms with Crippen LogP contribution in [0.3, 0.4) is 0 Å². The first-order valence-corrected chi connectivity index (χ1v) is 4.70. The Balaban J connectivity index is 2.90. The van der Waals surface area contributed by atoms with Gasteiger partial charge in [-0.2, -0.15) is 0 Å². The van der Waals surface area contributed by atoms with Crippen LogP contribution in [-0.2, 0) is 17.8 Å². The van der Waals surface area contributed by atoms with Crippen molar-refractivity contribution in [1.29, 1.82) is 0 Å². The zero-order valence-electron chi connectivity index (χ0n) is 8.59. The van der Waals surface area contributed by atoms with E-state index in [2.05, 4.69) is 10.3 Å². The Bertz CT molecular complexity index is 400. The van der Waals surface area contributed by atoms with Crippen LogP contribution in [0.4, 0.5) is 0 Å². The molecule has 0 saturated heterocycles. The van der Waals surface area contributed by atoms with Crippen molar-refractivity contribution < 1.29 is 14.7 Å². The molecule has 16 heavy (non-hydrogen) atoms. The highest BCUT2D eigenvalue weighted by atomic mass is 16.4. The van der Waals surface area contributed by atoms with Gasteiger partial charge < -0.3 is 16.6 Å². The number of hydrogen-bond donors (Lipinski definition) is 3. The zero-order chi connectivity index (χ0) is 12.1. The highest BCUT2D eigenvalue weighted by Gasteiger charge is 2.18. The molecule has 0 radical (unpaired) electrons. The third-order valence-electron chi connectivity index (χ3n) is 1.99. The molecule has 8 nitrogen and oxygen atoms in total. The fourth-order valence-corrected chi connectivity index (χ4v) is 1.28. The lowest BCUT2D eigenvalue weighted by atomic mass is 10.2. The van der Waals surface area contributed by atoms with E-state index in [0.29, 0.717) is 12.1 Å². The van der Waals surface area contributed by atoms with Crippen molar-refractivity contribution in [2.24, 2.45) is 11.5 Å². The number of aromatic nitrogens is 3. The Kier molecular flexibility index (Phi) is 3.95. The van der Waals surface area contributed by atoms with Crippen molar-refractivity contribution >= 4 is 11.9 Å². The van der Waals surface area contributed by atoms with E-state index in [0.717, 1.165) is 0 Å². The molecule has 0 aromatic carbocycles. The van der Waals surface area contributed by atoms with Gasteiger partial charge in [0, 0.05) is 12.8 Å². The van der Waals surface area contributed by atoms with Gasteiger partial charge in [0.1, 0.15) is 0 Å². The number of rotatable bonds is 6. The quantitative estimate of drug-likeness (QED) is 0.532. The van der Waals surface area contributed by atoms with Crippen molar-refractivity contribution in [3.63, 3.8) is 0 Å². The summed E-state index contributed by atoms with van der Waals surface area (Å²) in [6.45, 7) is 0.495. The lowest BCUT2D eigenvalue weighted by Crippen LogP contribution is -2.18. The van der Waals surface area contributed by atoms with Gasteiger partial charge >= 0.3 is 5.97 Å². The smallest absolute Gasteiger partial charge is 0.358 e. The first-order valence-electron chi connectivity index (χ1n) is 4.70. The highest BCUT2D eigenvalue weighted by Crippen LogP contribution is 2.06. The summed E-state index contributed by atoms with van der Waals surface area (Å²) in [6, 6.07) is 0. The summed E-state index contributed by atoms with van der Waals surface area (Å²) >= 11 is 0. The molecule has 1 aromatic heterocycles. The van der Waals surface area contributed by atoms with Crippen molar-refractivity contribution in [3.8, 4) is 0 Å². The van der Waals surface area contributed by atoms with Gasteiger partial charge in [-0.05, 0) is 6.54 Å². The molecule has 8 heteroatoms. The van der Waals surface area contributed by atoms with Crippen LogP contribution in [0.1, 0.15) is 22.6 Å². The van der Waals surface area contributed by atoms with Gasteiger partial charge in [-0.25, -0.2) is 9.48 Å². The molecule has 0 saturated carbocycles. The van der Waals surface area contributed by atoms with Gasteiger partial charge in [0.05, 0.1) is 12.2 Å². The van der Waals surface area contributed by atoms with Crippen LogP contribution in [0, 0.1) is 0 Å². The summed E-state index contributed by atoms with van der Waals surface area (Å²) in [5.41, 5.74) is 10.6. The Morgan fingerprint density at radius 1 is 1.44 bits per heavy atom. The van der Waals surface area contributed by atoms with Crippen LogP contribution in [-0.4, -0.2) is 38.5 Å². The molecule has 0 aliphatic carbocycles. The lowest BCUT2D eigenvalue weighted by molar-refractivity contribution is -0.118. The highest BCUT2D eigenvalue weighted by molar-refractivity contribution is 5.86. The van der Waals surface area contributed by atoms with Crippen LogP contribution < -0.4 is 11.5 Å². The Labute approximate surface area is 91.2 Å². The van der Waals surface area contributed by atoms with Crippen molar-refractivity contribution in [3.05, 3.63) is 11.4 Å². The molecular formula is C8H13N5O3. The molecule has 1 amide bonds. The molecule has 0 unspecified atom stereocenters. The molecule has 0 bridgehead atoms. The molecule has 1 rings (SSSR count). The fraction of sp³-hybridized carbons (Fsp3) is 0.500. The molecule has 1 aromatic rings. The average Bonchev–Trinajstić information content (AvgIpc) is 2.59. The summed E-state index contributed by atoms with van der Waals surface area (Å²) in [5, 5.41) is 16.0. The summed E-state index contributed by atoms with van der Waals surface area (Å²) < 4.78 is 1.35. The topological polar surface area (TPSA) is 137 Å². The maximum atomic E-state index is 10.8. The van der Waals surface area contributed by atoms with E-state index in [1.165, 1.54) is 4.68 Å². The zero-order valence-corrected chi connectivity index (χ0v) is 8.59. The predicted octanol–water partition coefficient (Wildman–Crippen LogP) is -1.65. The van der Waals surface area contributed by atoms with Gasteiger partial charge in [0.15, 0.2) is 5.69 Å². The molecule has 0 spiro atoms. The van der Waals surface area contributed by atoms with E-state index < -0.39 is 11.9 Å². The number of carbonyl (C=O) groups excluding carboxylic acids is 1. The summed E-state index contributed by atoms with van der Waals surface area (Å²) in [6.07, 6.45) is 0.424. The normalized spacial score (nSPS) is 10.3. The van der Waals surface area contributed by atoms with Crippen molar-refractivity contribution in [2.45, 2.75) is 19.4 Å². The molecule has 5 N–H and O–H groups in total. The number of carbonyl (C=O) groups is 2. The summed E-state index contributed by atoms with van der Waals surface area (Å²) in [7, 11) is 0. The van der Waals surface area contributed by atoms with E-state index in [1.54, 1.807) is 0 Å². The van der Waals surface area contributed by atoms with E-state index in [4.69, 9.17) is 16.6 Å². The molecule has 0 aliphatic rings. The summed E-state index contributed by atoms with van der Waals surface area (Å²) in [5.74, 6) is -1.64. The number of nitrogens with zero attached hydrogens (tertiary/aromatic N) is 3. The number of aromatic carboxylic acids is 1. The van der Waals surface area contributed by atoms with Gasteiger partial charge in [-0.1, -0.05) is 5.21 Å². The molecule has 0 atom stereocenters. The van der Waals surface area contributed by atoms with Crippen LogP contribution in [0.25, 0.3) is 0 Å². The number of nitrogens with two attached hydrogens (primary N) is 2. The first-order chi connectivity index (χ1) is 7.56. The fourth-order valence-electron chi connectivity index (χ4n) is 1.28. The van der Waals surface area contributed by atoms with Crippen LogP contribution in [0.15, 0.2) is 0 Å². The third kappa shape index (κ3) is 2.76. The lowest BCUT2D eigenvalue weighted by Gasteiger charge is -2.04. The molecule has 88 valence electrons. The van der Waals surface area contributed by atoms with Gasteiger partial charge in [-0.3, -0.25) is 4.79 Å². The molecular weight excluding hydrogens is 214 g/mol. The van der Waals surface area contributed by atoms with E-state index >= 15 is 0 Å². The number of aryl methyl sites for hydroxylation is 1. The van der Waals surface area contributed by atoms with Gasteiger partial charge in [0.25, 0.3) is 0 Å². The number of amides is 1. The monoisotopic (exact) mass is 227 g/mol. The average molecular weight is 227 g/mol. The Morgan fingerprint density at radius 3 is 2.62 bits per heavy atom. The maximum absolute atomic E-state index is 10.8. The third-order valence-corrected chi connectivity index (χ3v) is 1.99. The number of hydrogen-bond acceptors (Lipinski definition) is 5. The minimum atomic E-state index is -1.16. The Hall–Kier alpha value is -1.96. The van der Waals surface area contributed by atoms with Gasteiger partial charge in [-0.15, -0.1) is 5.10 Å². The maximum Gasteiger partial charge on any atom is 0.358 e. The first kappa shape index (κ1) is 12.1. The second kappa shape index (κ2) is 5.21. The molecule has 1 heterocycles.